The molecule has 1 fully saturated rings. The van der Waals surface area contributed by atoms with Crippen LogP contribution in [0.15, 0.2) is 53.4 Å². The first-order valence-corrected chi connectivity index (χ1v) is 11.1. The van der Waals surface area contributed by atoms with E-state index in [2.05, 4.69) is 10.0 Å². The van der Waals surface area contributed by atoms with Gasteiger partial charge in [-0.05, 0) is 61.4 Å². The van der Waals surface area contributed by atoms with Crippen LogP contribution in [-0.4, -0.2) is 32.5 Å². The van der Waals surface area contributed by atoms with E-state index in [1.54, 1.807) is 24.3 Å². The van der Waals surface area contributed by atoms with Gasteiger partial charge in [0.25, 0.3) is 10.0 Å². The highest BCUT2D eigenvalue weighted by Gasteiger charge is 2.35. The summed E-state index contributed by atoms with van der Waals surface area (Å²) in [5, 5.41) is 12.0. The van der Waals surface area contributed by atoms with Crippen LogP contribution in [0.1, 0.15) is 25.7 Å². The average Bonchev–Trinajstić information content (AvgIpc) is 2.74. The number of anilines is 2. The molecule has 1 amide bonds. The van der Waals surface area contributed by atoms with E-state index in [1.165, 1.54) is 31.4 Å². The fraction of sp³-hybridized carbons (Fsp3) is 0.333. The monoisotopic (exact) mass is 432 g/mol. The Bertz CT molecular complexity index is 1000. The molecule has 0 saturated heterocycles. The Hall–Kier alpha value is -3.07. The summed E-state index contributed by atoms with van der Waals surface area (Å²) >= 11 is 0. The lowest BCUT2D eigenvalue weighted by molar-refractivity contribution is -0.147. The third-order valence-electron chi connectivity index (χ3n) is 5.19. The van der Waals surface area contributed by atoms with Gasteiger partial charge < -0.3 is 15.2 Å². The summed E-state index contributed by atoms with van der Waals surface area (Å²) in [6.45, 7) is 0. The molecule has 1 aliphatic rings. The van der Waals surface area contributed by atoms with Crippen LogP contribution in [0.4, 0.5) is 11.4 Å². The minimum Gasteiger partial charge on any atom is -0.497 e. The van der Waals surface area contributed by atoms with Crippen molar-refractivity contribution in [2.45, 2.75) is 30.6 Å². The van der Waals surface area contributed by atoms with Crippen molar-refractivity contribution in [3.63, 3.8) is 0 Å². The zero-order valence-electron chi connectivity index (χ0n) is 16.5. The largest absolute Gasteiger partial charge is 0.497 e. The highest BCUT2D eigenvalue weighted by atomic mass is 32.2. The van der Waals surface area contributed by atoms with Crippen molar-refractivity contribution in [1.29, 1.82) is 0 Å². The summed E-state index contributed by atoms with van der Waals surface area (Å²) in [4.78, 5) is 24.0. The number of methoxy groups -OCH3 is 1. The molecule has 2 aromatic carbocycles. The number of hydrogen-bond acceptors (Lipinski definition) is 5. The number of hydrogen-bond donors (Lipinski definition) is 3. The Labute approximate surface area is 175 Å². The van der Waals surface area contributed by atoms with Crippen molar-refractivity contribution in [3.05, 3.63) is 48.5 Å². The summed E-state index contributed by atoms with van der Waals surface area (Å²) in [5.41, 5.74) is 0.809. The lowest BCUT2D eigenvalue weighted by Gasteiger charge is -2.27. The number of carboxylic acids is 1. The molecule has 0 aliphatic heterocycles. The molecule has 1 aliphatic carbocycles. The van der Waals surface area contributed by atoms with Crippen molar-refractivity contribution < 1.29 is 27.9 Å². The molecular formula is C21H24N2O6S. The Balaban J connectivity index is 1.67. The molecule has 30 heavy (non-hydrogen) atoms. The third kappa shape index (κ3) is 5.10. The maximum atomic E-state index is 12.6. The first kappa shape index (κ1) is 21.6. The topological polar surface area (TPSA) is 122 Å². The van der Waals surface area contributed by atoms with E-state index < -0.39 is 27.8 Å². The van der Waals surface area contributed by atoms with Gasteiger partial charge in [-0.15, -0.1) is 0 Å². The minimum absolute atomic E-state index is 0.0393. The fourth-order valence-corrected chi connectivity index (χ4v) is 4.62. The number of carbonyl (C=O) groups excluding carboxylic acids is 1. The van der Waals surface area contributed by atoms with Gasteiger partial charge in [-0.1, -0.05) is 12.8 Å². The number of nitrogens with one attached hydrogen (secondary N) is 2. The van der Waals surface area contributed by atoms with Crippen LogP contribution >= 0.6 is 0 Å². The molecule has 0 bridgehead atoms. The van der Waals surface area contributed by atoms with Gasteiger partial charge in [0.1, 0.15) is 5.75 Å². The number of benzene rings is 2. The molecule has 8 nitrogen and oxygen atoms in total. The molecule has 0 heterocycles. The minimum atomic E-state index is -3.80. The van der Waals surface area contributed by atoms with E-state index in [9.17, 15) is 23.1 Å². The van der Waals surface area contributed by atoms with Crippen molar-refractivity contribution in [2.24, 2.45) is 11.8 Å². The molecular weight excluding hydrogens is 408 g/mol. The molecule has 2 aromatic rings. The highest BCUT2D eigenvalue weighted by molar-refractivity contribution is 7.92. The van der Waals surface area contributed by atoms with Gasteiger partial charge in [0, 0.05) is 11.4 Å². The second kappa shape index (κ2) is 9.17. The van der Waals surface area contributed by atoms with Crippen molar-refractivity contribution in [3.8, 4) is 5.75 Å². The van der Waals surface area contributed by atoms with Gasteiger partial charge in [0.15, 0.2) is 0 Å². The summed E-state index contributed by atoms with van der Waals surface area (Å²) < 4.78 is 32.6. The van der Waals surface area contributed by atoms with Crippen LogP contribution in [0.3, 0.4) is 0 Å². The van der Waals surface area contributed by atoms with E-state index in [4.69, 9.17) is 4.74 Å². The molecule has 2 unspecified atom stereocenters. The summed E-state index contributed by atoms with van der Waals surface area (Å²) in [6.07, 6.45) is 2.63. The van der Waals surface area contributed by atoms with Crippen LogP contribution in [0, 0.1) is 11.8 Å². The van der Waals surface area contributed by atoms with Crippen LogP contribution in [0.25, 0.3) is 0 Å². The summed E-state index contributed by atoms with van der Waals surface area (Å²) in [7, 11) is -2.28. The number of carbonyl (C=O) groups is 2. The number of sulfonamides is 1. The Morgan fingerprint density at radius 2 is 1.50 bits per heavy atom. The Kier molecular flexibility index (Phi) is 6.61. The molecule has 0 aromatic heterocycles. The number of rotatable bonds is 7. The number of amides is 1. The van der Waals surface area contributed by atoms with Gasteiger partial charge in [-0.25, -0.2) is 8.42 Å². The molecule has 1 saturated carbocycles. The van der Waals surface area contributed by atoms with Crippen LogP contribution in [-0.2, 0) is 19.6 Å². The van der Waals surface area contributed by atoms with Crippen molar-refractivity contribution in [1.82, 2.24) is 0 Å². The zero-order chi connectivity index (χ0) is 21.7. The van der Waals surface area contributed by atoms with Gasteiger partial charge in [-0.3, -0.25) is 14.3 Å². The maximum absolute atomic E-state index is 12.6. The lowest BCUT2D eigenvalue weighted by atomic mass is 9.78. The number of aliphatic carboxylic acids is 1. The van der Waals surface area contributed by atoms with Crippen molar-refractivity contribution in [2.75, 3.05) is 17.1 Å². The predicted molar refractivity (Wildman–Crippen MR) is 112 cm³/mol. The van der Waals surface area contributed by atoms with Crippen molar-refractivity contribution >= 4 is 33.3 Å². The average molecular weight is 432 g/mol. The second-order valence-corrected chi connectivity index (χ2v) is 8.87. The van der Waals surface area contributed by atoms with Gasteiger partial charge in [0.2, 0.25) is 5.91 Å². The highest BCUT2D eigenvalue weighted by Crippen LogP contribution is 2.31. The smallest absolute Gasteiger partial charge is 0.307 e. The standard InChI is InChI=1S/C21H24N2O6S/c1-29-16-10-6-15(7-11-16)23-30(27,28)17-12-8-14(9-13-17)22-20(24)18-4-2-3-5-19(18)21(25)26/h6-13,18-19,23H,2-5H2,1H3,(H,22,24)(H,25,26). The molecule has 160 valence electrons. The van der Waals surface area contributed by atoms with E-state index in [-0.39, 0.29) is 10.8 Å². The van der Waals surface area contributed by atoms with Gasteiger partial charge >= 0.3 is 5.97 Å². The van der Waals surface area contributed by atoms with E-state index >= 15 is 0 Å². The molecule has 3 N–H and O–H groups in total. The Morgan fingerprint density at radius 1 is 0.933 bits per heavy atom. The van der Waals surface area contributed by atoms with E-state index in [0.717, 1.165) is 12.8 Å². The first-order valence-electron chi connectivity index (χ1n) is 9.61. The second-order valence-electron chi connectivity index (χ2n) is 7.18. The molecule has 0 radical (unpaired) electrons. The SMILES string of the molecule is COc1ccc(NS(=O)(=O)c2ccc(NC(=O)C3CCCCC3C(=O)O)cc2)cc1. The molecule has 3 rings (SSSR count). The lowest BCUT2D eigenvalue weighted by Crippen LogP contribution is -2.36. The van der Waals surface area contributed by atoms with Crippen LogP contribution in [0.5, 0.6) is 5.75 Å². The normalized spacial score (nSPS) is 19.0. The van der Waals surface area contributed by atoms with E-state index in [1.807, 2.05) is 0 Å². The summed E-state index contributed by atoms with van der Waals surface area (Å²) in [5.74, 6) is -1.97. The predicted octanol–water partition coefficient (Wildman–Crippen LogP) is 3.33. The molecule has 2 atom stereocenters. The molecule has 9 heteroatoms. The first-order chi connectivity index (χ1) is 14.3. The van der Waals surface area contributed by atoms with Crippen LogP contribution in [0.2, 0.25) is 0 Å². The number of ether oxygens (including phenoxy) is 1. The Morgan fingerprint density at radius 3 is 2.07 bits per heavy atom. The molecule has 0 spiro atoms. The zero-order valence-corrected chi connectivity index (χ0v) is 17.3. The third-order valence-corrected chi connectivity index (χ3v) is 6.59. The van der Waals surface area contributed by atoms with Gasteiger partial charge in [-0.2, -0.15) is 0 Å². The quantitative estimate of drug-likeness (QED) is 0.617. The van der Waals surface area contributed by atoms with Crippen LogP contribution < -0.4 is 14.8 Å². The summed E-state index contributed by atoms with van der Waals surface area (Å²) in [6, 6.07) is 12.2. The maximum Gasteiger partial charge on any atom is 0.307 e. The number of carboxylic acid groups (broad SMARTS) is 1. The van der Waals surface area contributed by atoms with E-state index in [0.29, 0.717) is 30.0 Å². The fourth-order valence-electron chi connectivity index (χ4n) is 3.57. The van der Waals surface area contributed by atoms with Gasteiger partial charge in [0.05, 0.1) is 23.8 Å².